The Morgan fingerprint density at radius 2 is 2.24 bits per heavy atom. The van der Waals surface area contributed by atoms with Crippen molar-refractivity contribution in [1.82, 2.24) is 14.8 Å². The zero-order valence-electron chi connectivity index (χ0n) is 12.4. The third kappa shape index (κ3) is 2.37. The highest BCUT2D eigenvalue weighted by Gasteiger charge is 2.27. The van der Waals surface area contributed by atoms with E-state index in [4.69, 9.17) is 0 Å². The van der Waals surface area contributed by atoms with Gasteiger partial charge in [-0.25, -0.2) is 9.48 Å². The molecule has 110 valence electrons. The van der Waals surface area contributed by atoms with Crippen molar-refractivity contribution in [1.29, 1.82) is 0 Å². The molecule has 2 aromatic rings. The molecule has 2 heterocycles. The Morgan fingerprint density at radius 1 is 1.43 bits per heavy atom. The maximum Gasteiger partial charge on any atom is 0.378 e. The number of carbonyl (C=O) groups excluding carboxylic acids is 1. The number of nitrogens with zero attached hydrogens (tertiary/aromatic N) is 3. The molecule has 0 radical (unpaired) electrons. The van der Waals surface area contributed by atoms with Gasteiger partial charge in [-0.3, -0.25) is 0 Å². The van der Waals surface area contributed by atoms with Gasteiger partial charge in [-0.05, 0) is 31.4 Å². The van der Waals surface area contributed by atoms with Crippen LogP contribution >= 0.6 is 0 Å². The second-order valence-electron chi connectivity index (χ2n) is 5.29. The molecule has 0 aliphatic carbocycles. The molecule has 6 nitrogen and oxygen atoms in total. The fourth-order valence-electron chi connectivity index (χ4n) is 2.77. The lowest BCUT2D eigenvalue weighted by atomic mass is 9.96. The van der Waals surface area contributed by atoms with E-state index in [1.807, 2.05) is 0 Å². The number of methoxy groups -OCH3 is 1. The number of hydrogen-bond donors (Lipinski definition) is 1. The Kier molecular flexibility index (Phi) is 3.37. The summed E-state index contributed by atoms with van der Waals surface area (Å²) in [5, 5.41) is 7.49. The van der Waals surface area contributed by atoms with E-state index in [2.05, 4.69) is 52.2 Å². The van der Waals surface area contributed by atoms with Gasteiger partial charge in [-0.1, -0.05) is 23.8 Å². The number of carbonyl (C=O) groups is 1. The van der Waals surface area contributed by atoms with E-state index in [0.717, 1.165) is 13.0 Å². The molecule has 6 heteroatoms. The van der Waals surface area contributed by atoms with E-state index in [0.29, 0.717) is 5.95 Å². The summed E-state index contributed by atoms with van der Waals surface area (Å²) in [4.78, 5) is 15.8. The monoisotopic (exact) mass is 286 g/mol. The number of nitrogens with one attached hydrogen (secondary N) is 1. The molecule has 0 saturated carbocycles. The van der Waals surface area contributed by atoms with Gasteiger partial charge in [0.2, 0.25) is 5.95 Å². The highest BCUT2D eigenvalue weighted by Crippen LogP contribution is 2.30. The first-order valence-electron chi connectivity index (χ1n) is 6.96. The lowest BCUT2D eigenvalue weighted by Gasteiger charge is -2.26. The number of aryl methyl sites for hydroxylation is 2. The van der Waals surface area contributed by atoms with Gasteiger partial charge in [0.25, 0.3) is 5.82 Å². The van der Waals surface area contributed by atoms with E-state index < -0.39 is 5.97 Å². The molecule has 1 atom stereocenters. The van der Waals surface area contributed by atoms with E-state index in [1.165, 1.54) is 23.8 Å². The molecule has 1 aromatic carbocycles. The van der Waals surface area contributed by atoms with Crippen LogP contribution in [0.3, 0.4) is 0 Å². The summed E-state index contributed by atoms with van der Waals surface area (Å²) in [6, 6.07) is 6.48. The van der Waals surface area contributed by atoms with E-state index in [9.17, 15) is 4.79 Å². The van der Waals surface area contributed by atoms with Crippen LogP contribution < -0.4 is 5.32 Å². The van der Waals surface area contributed by atoms with Gasteiger partial charge in [0.05, 0.1) is 13.2 Å². The molecule has 0 amide bonds. The molecule has 0 saturated heterocycles. The Hall–Kier alpha value is -2.37. The van der Waals surface area contributed by atoms with Gasteiger partial charge in [0.15, 0.2) is 0 Å². The molecule has 0 spiro atoms. The first kappa shape index (κ1) is 13.6. The van der Waals surface area contributed by atoms with Gasteiger partial charge < -0.3 is 10.1 Å². The number of anilines is 1. The van der Waals surface area contributed by atoms with Crippen LogP contribution in [0, 0.1) is 13.8 Å². The minimum atomic E-state index is -0.516. The lowest BCUT2D eigenvalue weighted by Crippen LogP contribution is -2.25. The summed E-state index contributed by atoms with van der Waals surface area (Å²) in [7, 11) is 1.33. The molecular weight excluding hydrogens is 268 g/mol. The SMILES string of the molecule is COC(=O)c1nc2n(n1)C(c1ccc(C)cc1C)CCN2. The molecule has 0 fully saturated rings. The number of aromatic nitrogens is 3. The van der Waals surface area contributed by atoms with E-state index in [-0.39, 0.29) is 11.9 Å². The van der Waals surface area contributed by atoms with Crippen molar-refractivity contribution in [3.05, 3.63) is 40.7 Å². The third-order valence-corrected chi connectivity index (χ3v) is 3.78. The first-order valence-corrected chi connectivity index (χ1v) is 6.96. The predicted molar refractivity (Wildman–Crippen MR) is 78.5 cm³/mol. The number of fused-ring (bicyclic) bond motifs is 1. The van der Waals surface area contributed by atoms with Gasteiger partial charge in [-0.15, -0.1) is 5.10 Å². The number of hydrogen-bond acceptors (Lipinski definition) is 5. The maximum atomic E-state index is 11.6. The molecule has 1 unspecified atom stereocenters. The van der Waals surface area contributed by atoms with Crippen LogP contribution in [0.2, 0.25) is 0 Å². The minimum absolute atomic E-state index is 0.0905. The molecule has 0 bridgehead atoms. The van der Waals surface area contributed by atoms with Gasteiger partial charge in [-0.2, -0.15) is 4.98 Å². The fourth-order valence-corrected chi connectivity index (χ4v) is 2.77. The predicted octanol–water partition coefficient (Wildman–Crippen LogP) is 2.09. The highest BCUT2D eigenvalue weighted by molar-refractivity contribution is 5.85. The average molecular weight is 286 g/mol. The second kappa shape index (κ2) is 5.20. The van der Waals surface area contributed by atoms with Crippen LogP contribution in [0.15, 0.2) is 18.2 Å². The van der Waals surface area contributed by atoms with Gasteiger partial charge >= 0.3 is 5.97 Å². The Balaban J connectivity index is 2.03. The Morgan fingerprint density at radius 3 is 2.95 bits per heavy atom. The van der Waals surface area contributed by atoms with E-state index in [1.54, 1.807) is 4.68 Å². The minimum Gasteiger partial charge on any atom is -0.463 e. The van der Waals surface area contributed by atoms with Crippen molar-refractivity contribution in [3.8, 4) is 0 Å². The van der Waals surface area contributed by atoms with Crippen LogP contribution in [0.1, 0.15) is 39.8 Å². The van der Waals surface area contributed by atoms with Crippen LogP contribution in [0.4, 0.5) is 5.95 Å². The second-order valence-corrected chi connectivity index (χ2v) is 5.29. The topological polar surface area (TPSA) is 69.0 Å². The fraction of sp³-hybridized carbons (Fsp3) is 0.400. The molecular formula is C15H18N4O2. The van der Waals surface area contributed by atoms with Gasteiger partial charge in [0.1, 0.15) is 0 Å². The van der Waals surface area contributed by atoms with Crippen LogP contribution in [-0.2, 0) is 4.74 Å². The standard InChI is InChI=1S/C15H18N4O2/c1-9-4-5-11(10(2)8-9)12-6-7-16-15-17-13(14(20)21-3)18-19(12)15/h4-5,8,12H,6-7H2,1-3H3,(H,16,17,18). The van der Waals surface area contributed by atoms with Crippen LogP contribution in [-0.4, -0.2) is 34.4 Å². The van der Waals surface area contributed by atoms with Crippen molar-refractivity contribution in [2.45, 2.75) is 26.3 Å². The zero-order chi connectivity index (χ0) is 15.0. The average Bonchev–Trinajstić information content (AvgIpc) is 2.90. The van der Waals surface area contributed by atoms with Crippen molar-refractivity contribution >= 4 is 11.9 Å². The highest BCUT2D eigenvalue weighted by atomic mass is 16.5. The van der Waals surface area contributed by atoms with Crippen molar-refractivity contribution < 1.29 is 9.53 Å². The smallest absolute Gasteiger partial charge is 0.378 e. The molecule has 1 N–H and O–H groups in total. The number of ether oxygens (including phenoxy) is 1. The van der Waals surface area contributed by atoms with Crippen LogP contribution in [0.25, 0.3) is 0 Å². The molecule has 21 heavy (non-hydrogen) atoms. The number of esters is 1. The Bertz CT molecular complexity index is 693. The summed E-state index contributed by atoms with van der Waals surface area (Å²) in [5.41, 5.74) is 3.67. The molecule has 1 aliphatic heterocycles. The zero-order valence-corrected chi connectivity index (χ0v) is 12.4. The van der Waals surface area contributed by atoms with Gasteiger partial charge in [0, 0.05) is 6.54 Å². The summed E-state index contributed by atoms with van der Waals surface area (Å²) < 4.78 is 6.47. The number of benzene rings is 1. The summed E-state index contributed by atoms with van der Waals surface area (Å²) in [6.45, 7) is 4.98. The van der Waals surface area contributed by atoms with Crippen LogP contribution in [0.5, 0.6) is 0 Å². The normalized spacial score (nSPS) is 17.0. The van der Waals surface area contributed by atoms with E-state index >= 15 is 0 Å². The molecule has 1 aliphatic rings. The summed E-state index contributed by atoms with van der Waals surface area (Å²) in [6.07, 6.45) is 0.904. The molecule has 1 aromatic heterocycles. The van der Waals surface area contributed by atoms with Crippen molar-refractivity contribution in [3.63, 3.8) is 0 Å². The third-order valence-electron chi connectivity index (χ3n) is 3.78. The molecule has 3 rings (SSSR count). The maximum absolute atomic E-state index is 11.6. The quantitative estimate of drug-likeness (QED) is 0.856. The first-order chi connectivity index (χ1) is 10.1. The van der Waals surface area contributed by atoms with Crippen molar-refractivity contribution in [2.75, 3.05) is 19.0 Å². The summed E-state index contributed by atoms with van der Waals surface area (Å²) >= 11 is 0. The number of rotatable bonds is 2. The largest absolute Gasteiger partial charge is 0.463 e. The van der Waals surface area contributed by atoms with Crippen molar-refractivity contribution in [2.24, 2.45) is 0 Å². The Labute approximate surface area is 123 Å². The summed E-state index contributed by atoms with van der Waals surface area (Å²) in [5.74, 6) is 0.196. The lowest BCUT2D eigenvalue weighted by molar-refractivity contribution is 0.0586.